The zero-order valence-electron chi connectivity index (χ0n) is 16.8. The molecule has 0 heterocycles. The molecular formula is C21H31BrN2O4. The van der Waals surface area contributed by atoms with Crippen molar-refractivity contribution in [3.05, 3.63) is 29.8 Å². The Hall–Kier alpha value is -1.60. The lowest BCUT2D eigenvalue weighted by Crippen LogP contribution is -2.59. The van der Waals surface area contributed by atoms with Gasteiger partial charge in [0.2, 0.25) is 11.8 Å². The van der Waals surface area contributed by atoms with Gasteiger partial charge in [-0.25, -0.2) is 0 Å². The highest BCUT2D eigenvalue weighted by Gasteiger charge is 2.43. The number of benzene rings is 1. The molecule has 156 valence electrons. The Labute approximate surface area is 175 Å². The SMILES string of the molecule is COc1ccc(CC(O)CNC(=O)C2(NC(=O)[C@@H](Br)C(C)C)CCCC2)cc1. The first-order chi connectivity index (χ1) is 13.3. The van der Waals surface area contributed by atoms with E-state index < -0.39 is 11.6 Å². The highest BCUT2D eigenvalue weighted by molar-refractivity contribution is 9.10. The van der Waals surface area contributed by atoms with E-state index in [0.29, 0.717) is 19.3 Å². The van der Waals surface area contributed by atoms with Gasteiger partial charge in [0.05, 0.1) is 18.0 Å². The summed E-state index contributed by atoms with van der Waals surface area (Å²) >= 11 is 3.41. The number of hydrogen-bond acceptors (Lipinski definition) is 4. The highest BCUT2D eigenvalue weighted by Crippen LogP contribution is 2.31. The fraction of sp³-hybridized carbons (Fsp3) is 0.619. The van der Waals surface area contributed by atoms with Gasteiger partial charge in [0, 0.05) is 13.0 Å². The molecule has 0 radical (unpaired) electrons. The third-order valence-corrected chi connectivity index (χ3v) is 6.69. The number of rotatable bonds is 9. The molecule has 0 aliphatic heterocycles. The van der Waals surface area contributed by atoms with E-state index in [2.05, 4.69) is 26.6 Å². The summed E-state index contributed by atoms with van der Waals surface area (Å²) in [5.41, 5.74) is 0.0863. The maximum absolute atomic E-state index is 12.9. The summed E-state index contributed by atoms with van der Waals surface area (Å²) in [6.07, 6.45) is 2.77. The molecule has 0 spiro atoms. The Balaban J connectivity index is 1.91. The van der Waals surface area contributed by atoms with Gasteiger partial charge in [-0.15, -0.1) is 0 Å². The number of alkyl halides is 1. The summed E-state index contributed by atoms with van der Waals surface area (Å²) in [4.78, 5) is 25.0. The molecule has 1 fully saturated rings. The van der Waals surface area contributed by atoms with Crippen molar-refractivity contribution in [2.24, 2.45) is 5.92 Å². The molecule has 6 nitrogen and oxygen atoms in total. The lowest BCUT2D eigenvalue weighted by atomic mass is 9.95. The number of amides is 2. The van der Waals surface area contributed by atoms with E-state index >= 15 is 0 Å². The maximum atomic E-state index is 12.9. The molecule has 1 unspecified atom stereocenters. The number of hydrogen-bond donors (Lipinski definition) is 3. The maximum Gasteiger partial charge on any atom is 0.245 e. The van der Waals surface area contributed by atoms with Crippen molar-refractivity contribution in [3.63, 3.8) is 0 Å². The third-order valence-electron chi connectivity index (χ3n) is 5.22. The summed E-state index contributed by atoms with van der Waals surface area (Å²) in [7, 11) is 1.61. The Bertz CT molecular complexity index is 657. The number of carbonyl (C=O) groups is 2. The van der Waals surface area contributed by atoms with Crippen LogP contribution in [0.2, 0.25) is 0 Å². The molecule has 2 rings (SSSR count). The molecule has 1 aliphatic carbocycles. The Kier molecular flexibility index (Phi) is 8.31. The number of aliphatic hydroxyl groups excluding tert-OH is 1. The molecule has 0 bridgehead atoms. The van der Waals surface area contributed by atoms with Crippen LogP contribution >= 0.6 is 15.9 Å². The van der Waals surface area contributed by atoms with Crippen molar-refractivity contribution >= 4 is 27.7 Å². The van der Waals surface area contributed by atoms with E-state index in [9.17, 15) is 14.7 Å². The van der Waals surface area contributed by atoms with Gasteiger partial charge in [-0.05, 0) is 36.5 Å². The van der Waals surface area contributed by atoms with Crippen LogP contribution in [0.25, 0.3) is 0 Å². The molecule has 1 aliphatic rings. The molecule has 28 heavy (non-hydrogen) atoms. The van der Waals surface area contributed by atoms with Crippen LogP contribution in [0.4, 0.5) is 0 Å². The first-order valence-electron chi connectivity index (χ1n) is 9.83. The van der Waals surface area contributed by atoms with E-state index in [4.69, 9.17) is 4.74 Å². The summed E-state index contributed by atoms with van der Waals surface area (Å²) in [5.74, 6) is 0.520. The summed E-state index contributed by atoms with van der Waals surface area (Å²) in [6.45, 7) is 4.05. The van der Waals surface area contributed by atoms with Gasteiger partial charge < -0.3 is 20.5 Å². The van der Waals surface area contributed by atoms with Crippen molar-refractivity contribution in [2.75, 3.05) is 13.7 Å². The monoisotopic (exact) mass is 454 g/mol. The van der Waals surface area contributed by atoms with Crippen molar-refractivity contribution < 1.29 is 19.4 Å². The van der Waals surface area contributed by atoms with Gasteiger partial charge in [-0.2, -0.15) is 0 Å². The van der Waals surface area contributed by atoms with Crippen LogP contribution in [0.15, 0.2) is 24.3 Å². The summed E-state index contributed by atoms with van der Waals surface area (Å²) in [6, 6.07) is 7.47. The Morgan fingerprint density at radius 1 is 1.21 bits per heavy atom. The Morgan fingerprint density at radius 2 is 1.82 bits per heavy atom. The molecule has 1 saturated carbocycles. The van der Waals surface area contributed by atoms with Crippen molar-refractivity contribution in [1.29, 1.82) is 0 Å². The fourth-order valence-electron chi connectivity index (χ4n) is 3.48. The second-order valence-electron chi connectivity index (χ2n) is 7.84. The van der Waals surface area contributed by atoms with Crippen LogP contribution in [-0.4, -0.2) is 47.0 Å². The van der Waals surface area contributed by atoms with E-state index in [-0.39, 0.29) is 29.1 Å². The molecule has 0 saturated heterocycles. The molecule has 7 heteroatoms. The second kappa shape index (κ2) is 10.3. The average molecular weight is 455 g/mol. The van der Waals surface area contributed by atoms with Crippen LogP contribution in [-0.2, 0) is 16.0 Å². The predicted octanol–water partition coefficient (Wildman–Crippen LogP) is 2.56. The molecular weight excluding hydrogens is 424 g/mol. The minimum Gasteiger partial charge on any atom is -0.497 e. The second-order valence-corrected chi connectivity index (χ2v) is 8.83. The van der Waals surface area contributed by atoms with Crippen LogP contribution in [0.5, 0.6) is 5.75 Å². The van der Waals surface area contributed by atoms with E-state index in [0.717, 1.165) is 24.2 Å². The number of aliphatic hydroxyl groups is 1. The van der Waals surface area contributed by atoms with Crippen molar-refractivity contribution in [3.8, 4) is 5.75 Å². The van der Waals surface area contributed by atoms with Gasteiger partial charge >= 0.3 is 0 Å². The minimum atomic E-state index is -0.877. The smallest absolute Gasteiger partial charge is 0.245 e. The van der Waals surface area contributed by atoms with Crippen molar-refractivity contribution in [1.82, 2.24) is 10.6 Å². The first-order valence-corrected chi connectivity index (χ1v) is 10.7. The Morgan fingerprint density at radius 3 is 2.36 bits per heavy atom. The minimum absolute atomic E-state index is 0.132. The zero-order valence-corrected chi connectivity index (χ0v) is 18.4. The van der Waals surface area contributed by atoms with Crippen LogP contribution < -0.4 is 15.4 Å². The third kappa shape index (κ3) is 5.95. The normalized spacial score (nSPS) is 17.8. The number of carbonyl (C=O) groups excluding carboxylic acids is 2. The lowest BCUT2D eigenvalue weighted by Gasteiger charge is -2.31. The molecule has 3 N–H and O–H groups in total. The van der Waals surface area contributed by atoms with Crippen LogP contribution in [0.1, 0.15) is 45.1 Å². The molecule has 2 atom stereocenters. The molecule has 1 aromatic rings. The number of nitrogens with one attached hydrogen (secondary N) is 2. The number of ether oxygens (including phenoxy) is 1. The lowest BCUT2D eigenvalue weighted by molar-refractivity contribution is -0.133. The fourth-order valence-corrected chi connectivity index (χ4v) is 3.59. The standard InChI is InChI=1S/C21H31BrN2O4/c1-14(2)18(22)19(26)24-21(10-4-5-11-21)20(27)23-13-16(25)12-15-6-8-17(28-3)9-7-15/h6-9,14,16,18,25H,4-5,10-13H2,1-3H3,(H,23,27)(H,24,26)/t16?,18-/m0/s1. The van der Waals surface area contributed by atoms with Gasteiger partial charge in [-0.1, -0.05) is 54.8 Å². The highest BCUT2D eigenvalue weighted by atomic mass is 79.9. The number of halogens is 1. The van der Waals surface area contributed by atoms with E-state index in [1.807, 2.05) is 38.1 Å². The van der Waals surface area contributed by atoms with E-state index in [1.165, 1.54) is 0 Å². The van der Waals surface area contributed by atoms with Gasteiger partial charge in [-0.3, -0.25) is 9.59 Å². The molecule has 2 amide bonds. The molecule has 0 aromatic heterocycles. The zero-order chi connectivity index (χ0) is 20.7. The van der Waals surface area contributed by atoms with Gasteiger partial charge in [0.25, 0.3) is 0 Å². The topological polar surface area (TPSA) is 87.7 Å². The summed E-state index contributed by atoms with van der Waals surface area (Å²) < 4.78 is 5.13. The largest absolute Gasteiger partial charge is 0.497 e. The number of methoxy groups -OCH3 is 1. The van der Waals surface area contributed by atoms with Gasteiger partial charge in [0.1, 0.15) is 11.3 Å². The van der Waals surface area contributed by atoms with Crippen LogP contribution in [0, 0.1) is 5.92 Å². The first kappa shape index (κ1) is 22.7. The average Bonchev–Trinajstić information content (AvgIpc) is 3.15. The van der Waals surface area contributed by atoms with E-state index in [1.54, 1.807) is 7.11 Å². The quantitative estimate of drug-likeness (QED) is 0.500. The molecule has 1 aromatic carbocycles. The van der Waals surface area contributed by atoms with Crippen LogP contribution in [0.3, 0.4) is 0 Å². The predicted molar refractivity (Wildman–Crippen MR) is 113 cm³/mol. The van der Waals surface area contributed by atoms with Gasteiger partial charge in [0.15, 0.2) is 0 Å². The summed E-state index contributed by atoms with van der Waals surface area (Å²) in [5, 5.41) is 16.1. The van der Waals surface area contributed by atoms with Crippen molar-refractivity contribution in [2.45, 2.75) is 62.4 Å².